The maximum absolute atomic E-state index is 13.2. The lowest BCUT2D eigenvalue weighted by Gasteiger charge is -2.20. The van der Waals surface area contributed by atoms with E-state index in [1.807, 2.05) is 0 Å². The van der Waals surface area contributed by atoms with Crippen LogP contribution < -0.4 is 4.74 Å². The molecule has 6 heteroatoms. The smallest absolute Gasteiger partial charge is 0.346 e. The van der Waals surface area contributed by atoms with E-state index >= 15 is 0 Å². The molecule has 0 heterocycles. The molecule has 0 aliphatic heterocycles. The number of nitro benzene ring substituents is 1. The van der Waals surface area contributed by atoms with E-state index in [4.69, 9.17) is 4.74 Å². The molecule has 0 saturated heterocycles. The molecule has 88 valence electrons. The number of benzene rings is 1. The lowest BCUT2D eigenvalue weighted by Crippen LogP contribution is -2.23. The molecule has 16 heavy (non-hydrogen) atoms. The summed E-state index contributed by atoms with van der Waals surface area (Å²) in [6, 6.07) is 1.25. The second kappa shape index (κ2) is 4.03. The van der Waals surface area contributed by atoms with Crippen LogP contribution in [0.2, 0.25) is 0 Å². The molecule has 0 saturated carbocycles. The lowest BCUT2D eigenvalue weighted by molar-refractivity contribution is -0.389. The average Bonchev–Trinajstić information content (AvgIpc) is 1.96. The van der Waals surface area contributed by atoms with E-state index in [-0.39, 0.29) is 0 Å². The summed E-state index contributed by atoms with van der Waals surface area (Å²) in [6.07, 6.45) is 0. The van der Waals surface area contributed by atoms with Crippen molar-refractivity contribution in [3.05, 3.63) is 33.9 Å². The Balaban J connectivity index is 3.30. The summed E-state index contributed by atoms with van der Waals surface area (Å²) in [4.78, 5) is 9.67. The van der Waals surface area contributed by atoms with Crippen molar-refractivity contribution in [1.82, 2.24) is 0 Å². The summed E-state index contributed by atoms with van der Waals surface area (Å²) < 4.78 is 31.2. The third kappa shape index (κ3) is 2.88. The molecule has 4 nitrogen and oxygen atoms in total. The van der Waals surface area contributed by atoms with Gasteiger partial charge in [0.2, 0.25) is 11.6 Å². The van der Waals surface area contributed by atoms with Crippen LogP contribution in [-0.4, -0.2) is 10.5 Å². The standard InChI is InChI=1S/C10H11F2NO3/c1-10(2,3)16-8-5-6(11)4-7(12)9(8)13(14)15/h4-5H,1-3H3. The summed E-state index contributed by atoms with van der Waals surface area (Å²) in [5, 5.41) is 10.6. The normalized spacial score (nSPS) is 11.3. The van der Waals surface area contributed by atoms with Gasteiger partial charge in [0, 0.05) is 12.1 Å². The van der Waals surface area contributed by atoms with E-state index in [0.29, 0.717) is 6.07 Å². The minimum atomic E-state index is -1.25. The van der Waals surface area contributed by atoms with Crippen molar-refractivity contribution < 1.29 is 18.4 Å². The molecule has 0 atom stereocenters. The van der Waals surface area contributed by atoms with Gasteiger partial charge < -0.3 is 4.74 Å². The van der Waals surface area contributed by atoms with Gasteiger partial charge in [-0.25, -0.2) is 4.39 Å². The molecule has 0 N–H and O–H groups in total. The highest BCUT2D eigenvalue weighted by molar-refractivity contribution is 5.47. The topological polar surface area (TPSA) is 52.4 Å². The van der Waals surface area contributed by atoms with Crippen molar-refractivity contribution >= 4 is 5.69 Å². The highest BCUT2D eigenvalue weighted by Gasteiger charge is 2.26. The zero-order valence-electron chi connectivity index (χ0n) is 9.08. The van der Waals surface area contributed by atoms with Crippen LogP contribution in [0.5, 0.6) is 5.75 Å². The molecule has 0 unspecified atom stereocenters. The number of nitro groups is 1. The van der Waals surface area contributed by atoms with Gasteiger partial charge in [0.1, 0.15) is 11.4 Å². The fourth-order valence-electron chi connectivity index (χ4n) is 1.13. The summed E-state index contributed by atoms with van der Waals surface area (Å²) >= 11 is 0. The summed E-state index contributed by atoms with van der Waals surface area (Å²) in [5.74, 6) is -2.57. The fourth-order valence-corrected chi connectivity index (χ4v) is 1.13. The Bertz CT molecular complexity index is 427. The second-order valence-corrected chi connectivity index (χ2v) is 4.21. The number of halogens is 2. The first-order valence-electron chi connectivity index (χ1n) is 4.53. The van der Waals surface area contributed by atoms with E-state index in [1.165, 1.54) is 0 Å². The van der Waals surface area contributed by atoms with E-state index in [9.17, 15) is 18.9 Å². The first kappa shape index (κ1) is 12.4. The summed E-state index contributed by atoms with van der Waals surface area (Å²) in [5.41, 5.74) is -1.62. The minimum absolute atomic E-state index is 0.407. The van der Waals surface area contributed by atoms with Gasteiger partial charge >= 0.3 is 5.69 Å². The SMILES string of the molecule is CC(C)(C)Oc1cc(F)cc(F)c1[N+](=O)[O-]. The Hall–Kier alpha value is -1.72. The first-order chi connectivity index (χ1) is 7.20. The van der Waals surface area contributed by atoms with Crippen LogP contribution in [0, 0.1) is 21.7 Å². The van der Waals surface area contributed by atoms with Crippen LogP contribution >= 0.6 is 0 Å². The third-order valence-corrected chi connectivity index (χ3v) is 1.59. The highest BCUT2D eigenvalue weighted by Crippen LogP contribution is 2.33. The Morgan fingerprint density at radius 2 is 1.88 bits per heavy atom. The predicted molar refractivity (Wildman–Crippen MR) is 53.4 cm³/mol. The third-order valence-electron chi connectivity index (χ3n) is 1.59. The number of rotatable bonds is 2. The Morgan fingerprint density at radius 1 is 1.31 bits per heavy atom. The minimum Gasteiger partial charge on any atom is -0.481 e. The molecule has 0 radical (unpaired) electrons. The van der Waals surface area contributed by atoms with Crippen molar-refractivity contribution in [3.8, 4) is 5.75 Å². The molecule has 0 aliphatic carbocycles. The van der Waals surface area contributed by atoms with Crippen molar-refractivity contribution in [2.45, 2.75) is 26.4 Å². The molecular weight excluding hydrogens is 220 g/mol. The van der Waals surface area contributed by atoms with Crippen molar-refractivity contribution in [3.63, 3.8) is 0 Å². The molecule has 0 aliphatic rings. The van der Waals surface area contributed by atoms with Crippen LogP contribution in [0.25, 0.3) is 0 Å². The first-order valence-corrected chi connectivity index (χ1v) is 4.53. The van der Waals surface area contributed by atoms with Crippen molar-refractivity contribution in [2.75, 3.05) is 0 Å². The van der Waals surface area contributed by atoms with Crippen LogP contribution in [0.1, 0.15) is 20.8 Å². The van der Waals surface area contributed by atoms with Crippen LogP contribution in [-0.2, 0) is 0 Å². The van der Waals surface area contributed by atoms with Gasteiger partial charge in [0.15, 0.2) is 0 Å². The fraction of sp³-hybridized carbons (Fsp3) is 0.400. The number of ether oxygens (including phenoxy) is 1. The molecule has 0 bridgehead atoms. The summed E-state index contributed by atoms with van der Waals surface area (Å²) in [7, 11) is 0. The number of hydrogen-bond acceptors (Lipinski definition) is 3. The van der Waals surface area contributed by atoms with Crippen molar-refractivity contribution in [1.29, 1.82) is 0 Å². The average molecular weight is 231 g/mol. The number of nitrogens with zero attached hydrogens (tertiary/aromatic N) is 1. The van der Waals surface area contributed by atoms with E-state index < -0.39 is 33.6 Å². The van der Waals surface area contributed by atoms with Gasteiger partial charge in [-0.1, -0.05) is 0 Å². The Labute approximate surface area is 91.0 Å². The quantitative estimate of drug-likeness (QED) is 0.580. The van der Waals surface area contributed by atoms with Gasteiger partial charge in [-0.15, -0.1) is 0 Å². The van der Waals surface area contributed by atoms with Gasteiger partial charge in [0.25, 0.3) is 0 Å². The second-order valence-electron chi connectivity index (χ2n) is 4.21. The molecular formula is C10H11F2NO3. The Kier molecular flexibility index (Phi) is 3.11. The molecule has 1 aromatic carbocycles. The van der Waals surface area contributed by atoms with Gasteiger partial charge in [-0.05, 0) is 20.8 Å². The highest BCUT2D eigenvalue weighted by atomic mass is 19.1. The van der Waals surface area contributed by atoms with Crippen LogP contribution in [0.3, 0.4) is 0 Å². The van der Waals surface area contributed by atoms with Crippen LogP contribution in [0.4, 0.5) is 14.5 Å². The predicted octanol–water partition coefficient (Wildman–Crippen LogP) is 3.05. The maximum Gasteiger partial charge on any atom is 0.346 e. The zero-order valence-corrected chi connectivity index (χ0v) is 9.08. The van der Waals surface area contributed by atoms with E-state index in [2.05, 4.69) is 0 Å². The summed E-state index contributed by atoms with van der Waals surface area (Å²) in [6.45, 7) is 4.87. The molecule has 1 rings (SSSR count). The Morgan fingerprint density at radius 3 is 2.31 bits per heavy atom. The molecule has 0 aromatic heterocycles. The van der Waals surface area contributed by atoms with E-state index in [1.54, 1.807) is 20.8 Å². The maximum atomic E-state index is 13.2. The van der Waals surface area contributed by atoms with Crippen LogP contribution in [0.15, 0.2) is 12.1 Å². The van der Waals surface area contributed by atoms with Gasteiger partial charge in [-0.3, -0.25) is 10.1 Å². The van der Waals surface area contributed by atoms with Gasteiger partial charge in [0.05, 0.1) is 4.92 Å². The zero-order chi connectivity index (χ0) is 12.5. The number of hydrogen-bond donors (Lipinski definition) is 0. The van der Waals surface area contributed by atoms with Gasteiger partial charge in [-0.2, -0.15) is 4.39 Å². The largest absolute Gasteiger partial charge is 0.481 e. The lowest BCUT2D eigenvalue weighted by atomic mass is 10.2. The molecule has 0 amide bonds. The molecule has 0 spiro atoms. The van der Waals surface area contributed by atoms with E-state index in [0.717, 1.165) is 6.07 Å². The molecule has 1 aromatic rings. The monoisotopic (exact) mass is 231 g/mol. The molecule has 0 fully saturated rings. The van der Waals surface area contributed by atoms with Crippen molar-refractivity contribution in [2.24, 2.45) is 0 Å².